The van der Waals surface area contributed by atoms with Crippen LogP contribution in [-0.4, -0.2) is 80.8 Å². The summed E-state index contributed by atoms with van der Waals surface area (Å²) in [6, 6.07) is 0. The van der Waals surface area contributed by atoms with E-state index in [1.54, 1.807) is 6.08 Å². The second-order valence-electron chi connectivity index (χ2n) is 8.85. The van der Waals surface area contributed by atoms with Crippen LogP contribution in [-0.2, 0) is 14.3 Å². The van der Waals surface area contributed by atoms with E-state index in [-0.39, 0.29) is 23.7 Å². The van der Waals surface area contributed by atoms with Gasteiger partial charge in [0.2, 0.25) is 0 Å². The lowest BCUT2D eigenvalue weighted by Gasteiger charge is -2.47. The summed E-state index contributed by atoms with van der Waals surface area (Å²) in [5.41, 5.74) is -0.433. The van der Waals surface area contributed by atoms with Gasteiger partial charge in [-0.1, -0.05) is 19.4 Å². The molecule has 0 aromatic rings. The van der Waals surface area contributed by atoms with Gasteiger partial charge in [-0.3, -0.25) is 4.79 Å². The Morgan fingerprint density at radius 3 is 2.56 bits per heavy atom. The van der Waals surface area contributed by atoms with Crippen LogP contribution < -0.4 is 0 Å². The third kappa shape index (κ3) is 4.12. The van der Waals surface area contributed by atoms with Gasteiger partial charge in [-0.15, -0.1) is 0 Å². The summed E-state index contributed by atoms with van der Waals surface area (Å²) in [6.45, 7) is 3.43. The molecule has 1 heterocycles. The lowest BCUT2D eigenvalue weighted by molar-refractivity contribution is -0.309. The topological polar surface area (TPSA) is 137 Å². The number of aliphatic hydroxyl groups is 5. The van der Waals surface area contributed by atoms with Crippen LogP contribution in [0.3, 0.4) is 0 Å². The molecule has 0 spiro atoms. The van der Waals surface area contributed by atoms with Crippen LogP contribution in [0.4, 0.5) is 0 Å². The normalized spacial score (nSPS) is 44.6. The second kappa shape index (κ2) is 7.51. The molecule has 2 fully saturated rings. The molecule has 8 heteroatoms. The molecule has 0 aromatic carbocycles. The van der Waals surface area contributed by atoms with Crippen molar-refractivity contribution in [1.29, 1.82) is 0 Å². The zero-order chi connectivity index (χ0) is 20.0. The molecule has 154 valence electrons. The van der Waals surface area contributed by atoms with Crippen molar-refractivity contribution in [2.24, 2.45) is 11.3 Å². The Hall–Kier alpha value is -0.870. The SMILES string of the molecule is CC1(C)CC(=O)C=C2C[C@@](O)(CO[C@@H]3O[C@H](CO)[C@@H](O)[C@H](O)[C@H]3O)CCC21. The first-order chi connectivity index (χ1) is 12.6. The Kier molecular flexibility index (Phi) is 5.80. The minimum Gasteiger partial charge on any atom is -0.394 e. The third-order valence-corrected chi connectivity index (χ3v) is 6.16. The van der Waals surface area contributed by atoms with Gasteiger partial charge in [-0.25, -0.2) is 0 Å². The number of carbonyl (C=O) groups excluding carboxylic acids is 1. The van der Waals surface area contributed by atoms with Crippen LogP contribution in [0.5, 0.6) is 0 Å². The van der Waals surface area contributed by atoms with Crippen molar-refractivity contribution < 1.29 is 39.8 Å². The van der Waals surface area contributed by atoms with Crippen molar-refractivity contribution in [3.63, 3.8) is 0 Å². The van der Waals surface area contributed by atoms with Gasteiger partial charge in [0.25, 0.3) is 0 Å². The van der Waals surface area contributed by atoms with Gasteiger partial charge in [0.15, 0.2) is 12.1 Å². The summed E-state index contributed by atoms with van der Waals surface area (Å²) >= 11 is 0. The summed E-state index contributed by atoms with van der Waals surface area (Å²) < 4.78 is 10.8. The van der Waals surface area contributed by atoms with Crippen LogP contribution in [0.15, 0.2) is 11.6 Å². The van der Waals surface area contributed by atoms with Gasteiger partial charge in [0.1, 0.15) is 24.4 Å². The van der Waals surface area contributed by atoms with Crippen molar-refractivity contribution in [1.82, 2.24) is 0 Å². The number of rotatable bonds is 4. The Bertz CT molecular complexity index is 601. The van der Waals surface area contributed by atoms with E-state index in [4.69, 9.17) is 9.47 Å². The number of ether oxygens (including phenoxy) is 2. The van der Waals surface area contributed by atoms with Crippen LogP contribution in [0, 0.1) is 11.3 Å². The molecule has 3 aliphatic rings. The number of hydrogen-bond donors (Lipinski definition) is 5. The molecular formula is C19H30O8. The molecule has 8 nitrogen and oxygen atoms in total. The highest BCUT2D eigenvalue weighted by Gasteiger charge is 2.47. The molecule has 27 heavy (non-hydrogen) atoms. The quantitative estimate of drug-likeness (QED) is 0.426. The van der Waals surface area contributed by atoms with E-state index in [2.05, 4.69) is 13.8 Å². The fourth-order valence-corrected chi connectivity index (χ4v) is 4.63. The molecule has 0 amide bonds. The van der Waals surface area contributed by atoms with Crippen molar-refractivity contribution in [2.45, 2.75) is 75.8 Å². The average Bonchev–Trinajstić information content (AvgIpc) is 2.58. The summed E-state index contributed by atoms with van der Waals surface area (Å²) in [4.78, 5) is 12.0. The molecule has 2 aliphatic carbocycles. The number of allylic oxidation sites excluding steroid dienone is 1. The fourth-order valence-electron chi connectivity index (χ4n) is 4.63. The van der Waals surface area contributed by atoms with Gasteiger partial charge in [0.05, 0.1) is 18.8 Å². The predicted molar refractivity (Wildman–Crippen MR) is 93.5 cm³/mol. The standard InChI is InChI=1S/C19H30O8/c1-18(2)7-11(21)5-10-6-19(25,4-3-12(10)18)9-26-17-16(24)15(23)14(22)13(8-20)27-17/h5,12-17,20,22-25H,3-4,6-9H2,1-2H3/t12?,13-,14-,15+,16-,17-,19-/m1/s1. The van der Waals surface area contributed by atoms with Crippen LogP contribution >= 0.6 is 0 Å². The predicted octanol–water partition coefficient (Wildman–Crippen LogP) is -0.740. The van der Waals surface area contributed by atoms with E-state index >= 15 is 0 Å². The Balaban J connectivity index is 1.65. The lowest BCUT2D eigenvalue weighted by atomic mass is 9.60. The van der Waals surface area contributed by atoms with Crippen molar-refractivity contribution >= 4 is 5.78 Å². The van der Waals surface area contributed by atoms with Crippen LogP contribution in [0.25, 0.3) is 0 Å². The first-order valence-electron chi connectivity index (χ1n) is 9.44. The second-order valence-corrected chi connectivity index (χ2v) is 8.85. The van der Waals surface area contributed by atoms with Gasteiger partial charge in [-0.05, 0) is 30.3 Å². The van der Waals surface area contributed by atoms with E-state index < -0.39 is 42.9 Å². The summed E-state index contributed by atoms with van der Waals surface area (Å²) in [6.07, 6.45) is -3.19. The maximum atomic E-state index is 12.0. The highest BCUT2D eigenvalue weighted by atomic mass is 16.7. The molecule has 3 rings (SSSR count). The molecule has 5 N–H and O–H groups in total. The molecule has 0 aromatic heterocycles. The average molecular weight is 386 g/mol. The van der Waals surface area contributed by atoms with Gasteiger partial charge >= 0.3 is 0 Å². The fraction of sp³-hybridized carbons (Fsp3) is 0.842. The van der Waals surface area contributed by atoms with Crippen molar-refractivity contribution in [3.05, 3.63) is 11.6 Å². The zero-order valence-corrected chi connectivity index (χ0v) is 15.7. The number of carbonyl (C=O) groups is 1. The first-order valence-corrected chi connectivity index (χ1v) is 9.44. The summed E-state index contributed by atoms with van der Waals surface area (Å²) in [7, 11) is 0. The molecule has 1 saturated carbocycles. The zero-order valence-electron chi connectivity index (χ0n) is 15.7. The Morgan fingerprint density at radius 2 is 1.89 bits per heavy atom. The molecule has 1 saturated heterocycles. The smallest absolute Gasteiger partial charge is 0.186 e. The molecule has 7 atom stereocenters. The van der Waals surface area contributed by atoms with Crippen molar-refractivity contribution in [3.8, 4) is 0 Å². The van der Waals surface area contributed by atoms with Crippen LogP contribution in [0.1, 0.15) is 39.5 Å². The largest absolute Gasteiger partial charge is 0.394 e. The van der Waals surface area contributed by atoms with Gasteiger partial charge in [0, 0.05) is 12.8 Å². The monoisotopic (exact) mass is 386 g/mol. The lowest BCUT2D eigenvalue weighted by Crippen LogP contribution is -2.59. The van der Waals surface area contributed by atoms with Crippen LogP contribution in [0.2, 0.25) is 0 Å². The van der Waals surface area contributed by atoms with E-state index in [0.717, 1.165) is 12.0 Å². The van der Waals surface area contributed by atoms with E-state index in [9.17, 15) is 30.3 Å². The molecule has 1 aliphatic heterocycles. The summed E-state index contributed by atoms with van der Waals surface area (Å²) in [5.74, 6) is 0.299. The van der Waals surface area contributed by atoms with Crippen molar-refractivity contribution in [2.75, 3.05) is 13.2 Å². The highest BCUT2D eigenvalue weighted by molar-refractivity contribution is 5.92. The van der Waals surface area contributed by atoms with E-state index in [1.165, 1.54) is 0 Å². The maximum absolute atomic E-state index is 12.0. The minimum absolute atomic E-state index is 0.0605. The Labute approximate surface area is 158 Å². The Morgan fingerprint density at radius 1 is 1.19 bits per heavy atom. The number of hydrogen-bond acceptors (Lipinski definition) is 8. The van der Waals surface area contributed by atoms with Gasteiger partial charge < -0.3 is 35.0 Å². The molecule has 0 bridgehead atoms. The third-order valence-electron chi connectivity index (χ3n) is 6.16. The maximum Gasteiger partial charge on any atom is 0.186 e. The minimum atomic E-state index is -1.52. The molecular weight excluding hydrogens is 356 g/mol. The molecule has 0 radical (unpaired) electrons. The number of fused-ring (bicyclic) bond motifs is 1. The summed E-state index contributed by atoms with van der Waals surface area (Å²) in [5, 5.41) is 49.9. The van der Waals surface area contributed by atoms with E-state index in [0.29, 0.717) is 19.3 Å². The first kappa shape index (κ1) is 20.9. The van der Waals surface area contributed by atoms with Gasteiger partial charge in [-0.2, -0.15) is 0 Å². The number of ketones is 1. The van der Waals surface area contributed by atoms with E-state index in [1.807, 2.05) is 0 Å². The highest BCUT2D eigenvalue weighted by Crippen LogP contribution is 2.49. The number of aliphatic hydroxyl groups excluding tert-OH is 4. The molecule has 1 unspecified atom stereocenters.